The number of carbonyl (C=O) groups excluding carboxylic acids is 2. The van der Waals surface area contributed by atoms with Crippen molar-refractivity contribution in [2.24, 2.45) is 0 Å². The first-order valence-corrected chi connectivity index (χ1v) is 9.78. The highest BCUT2D eigenvalue weighted by atomic mass is 16.3. The molecular weight excluding hydrogens is 378 g/mol. The zero-order valence-corrected chi connectivity index (χ0v) is 17.1. The van der Waals surface area contributed by atoms with Crippen molar-refractivity contribution in [3.63, 3.8) is 0 Å². The summed E-state index contributed by atoms with van der Waals surface area (Å²) in [6, 6.07) is 19.0. The molecule has 2 aromatic carbocycles. The van der Waals surface area contributed by atoms with Crippen molar-refractivity contribution in [2.45, 2.75) is 13.5 Å². The molecule has 0 aliphatic rings. The van der Waals surface area contributed by atoms with E-state index in [2.05, 4.69) is 10.3 Å². The number of aliphatic hydroxyl groups is 1. The van der Waals surface area contributed by atoms with Crippen LogP contribution < -0.4 is 5.32 Å². The molecule has 0 saturated carbocycles. The number of carbonyl (C=O) groups is 2. The van der Waals surface area contributed by atoms with Crippen molar-refractivity contribution >= 4 is 11.8 Å². The van der Waals surface area contributed by atoms with E-state index < -0.39 is 5.91 Å². The number of aliphatic hydroxyl groups excluding tert-OH is 1. The summed E-state index contributed by atoms with van der Waals surface area (Å²) in [6.07, 6.45) is 1.61. The summed E-state index contributed by atoms with van der Waals surface area (Å²) < 4.78 is 0. The Kier molecular flexibility index (Phi) is 6.93. The summed E-state index contributed by atoms with van der Waals surface area (Å²) in [5.74, 6) is -0.777. The molecule has 0 spiro atoms. The molecule has 0 radical (unpaired) electrons. The number of nitrogens with one attached hydrogen (secondary N) is 1. The number of rotatable bonds is 7. The van der Waals surface area contributed by atoms with Crippen LogP contribution >= 0.6 is 0 Å². The van der Waals surface area contributed by atoms with Crippen molar-refractivity contribution in [1.29, 1.82) is 0 Å². The quantitative estimate of drug-likeness (QED) is 0.635. The predicted octanol–water partition coefficient (Wildman–Crippen LogP) is 3.05. The van der Waals surface area contributed by atoms with Crippen molar-refractivity contribution in [2.75, 3.05) is 20.2 Å². The van der Waals surface area contributed by atoms with Gasteiger partial charge in [-0.2, -0.15) is 0 Å². The van der Waals surface area contributed by atoms with Gasteiger partial charge in [0.15, 0.2) is 0 Å². The van der Waals surface area contributed by atoms with Crippen molar-refractivity contribution in [3.8, 4) is 11.1 Å². The predicted molar refractivity (Wildman–Crippen MR) is 116 cm³/mol. The van der Waals surface area contributed by atoms with Crippen LogP contribution in [0.1, 0.15) is 32.0 Å². The standard InChI is InChI=1S/C24H25N3O3/c1-17-15-26-22(23(29)25-2)21(20(17)19-11-7-4-8-12-19)24(30)27(13-14-28)16-18-9-5-3-6-10-18/h3-12,15,28H,13-14,16H2,1-2H3,(H,25,29). The summed E-state index contributed by atoms with van der Waals surface area (Å²) >= 11 is 0. The maximum Gasteiger partial charge on any atom is 0.270 e. The van der Waals surface area contributed by atoms with Gasteiger partial charge in [0.1, 0.15) is 5.69 Å². The van der Waals surface area contributed by atoms with Crippen molar-refractivity contribution in [3.05, 3.63) is 89.2 Å². The zero-order chi connectivity index (χ0) is 21.5. The topological polar surface area (TPSA) is 82.5 Å². The molecule has 3 rings (SSSR count). The number of aryl methyl sites for hydroxylation is 1. The van der Waals surface area contributed by atoms with Gasteiger partial charge >= 0.3 is 0 Å². The van der Waals surface area contributed by atoms with E-state index in [4.69, 9.17) is 0 Å². The molecule has 30 heavy (non-hydrogen) atoms. The first-order valence-electron chi connectivity index (χ1n) is 9.78. The number of benzene rings is 2. The molecule has 0 unspecified atom stereocenters. The van der Waals surface area contributed by atoms with Crippen LogP contribution in [0.4, 0.5) is 0 Å². The minimum absolute atomic E-state index is 0.0722. The second kappa shape index (κ2) is 9.80. The fourth-order valence-corrected chi connectivity index (χ4v) is 3.42. The summed E-state index contributed by atoms with van der Waals surface area (Å²) in [6.45, 7) is 2.14. The molecule has 154 valence electrons. The van der Waals surface area contributed by atoms with Gasteiger partial charge in [-0.1, -0.05) is 60.7 Å². The van der Waals surface area contributed by atoms with Gasteiger partial charge in [-0.15, -0.1) is 0 Å². The van der Waals surface area contributed by atoms with Gasteiger partial charge in [-0.05, 0) is 23.6 Å². The minimum atomic E-state index is -0.431. The molecule has 6 nitrogen and oxygen atoms in total. The summed E-state index contributed by atoms with van der Waals surface area (Å²) in [5.41, 5.74) is 3.54. The fraction of sp³-hybridized carbons (Fsp3) is 0.208. The lowest BCUT2D eigenvalue weighted by Gasteiger charge is -2.25. The normalized spacial score (nSPS) is 10.5. The molecule has 0 fully saturated rings. The lowest BCUT2D eigenvalue weighted by Crippen LogP contribution is -2.36. The molecule has 0 aliphatic heterocycles. The zero-order valence-electron chi connectivity index (χ0n) is 17.1. The molecule has 3 aromatic rings. The third kappa shape index (κ3) is 4.55. The van der Waals surface area contributed by atoms with Gasteiger partial charge in [0.2, 0.25) is 0 Å². The molecular formula is C24H25N3O3. The minimum Gasteiger partial charge on any atom is -0.395 e. The third-order valence-electron chi connectivity index (χ3n) is 4.86. The summed E-state index contributed by atoms with van der Waals surface area (Å²) in [7, 11) is 1.51. The summed E-state index contributed by atoms with van der Waals surface area (Å²) in [5, 5.41) is 12.2. The molecule has 6 heteroatoms. The van der Waals surface area contributed by atoms with Crippen LogP contribution in [0.3, 0.4) is 0 Å². The van der Waals surface area contributed by atoms with E-state index in [1.54, 1.807) is 11.1 Å². The van der Waals surface area contributed by atoms with Crippen LogP contribution in [0.25, 0.3) is 11.1 Å². The number of nitrogens with zero attached hydrogens (tertiary/aromatic N) is 2. The van der Waals surface area contributed by atoms with Crippen LogP contribution in [-0.4, -0.2) is 47.0 Å². The highest BCUT2D eigenvalue weighted by Gasteiger charge is 2.28. The lowest BCUT2D eigenvalue weighted by atomic mass is 9.93. The van der Waals surface area contributed by atoms with Crippen LogP contribution in [0.2, 0.25) is 0 Å². The first kappa shape index (κ1) is 21.2. The number of aromatic nitrogens is 1. The van der Waals surface area contributed by atoms with E-state index in [0.717, 1.165) is 16.7 Å². The van der Waals surface area contributed by atoms with E-state index in [9.17, 15) is 14.7 Å². The lowest BCUT2D eigenvalue weighted by molar-refractivity contribution is 0.0703. The van der Waals surface area contributed by atoms with Gasteiger partial charge in [0.05, 0.1) is 12.2 Å². The van der Waals surface area contributed by atoms with Gasteiger partial charge in [-0.25, -0.2) is 4.98 Å². The summed E-state index contributed by atoms with van der Waals surface area (Å²) in [4.78, 5) is 32.1. The Morgan fingerprint density at radius 2 is 1.67 bits per heavy atom. The average Bonchev–Trinajstić information content (AvgIpc) is 2.78. The number of pyridine rings is 1. The largest absolute Gasteiger partial charge is 0.395 e. The van der Waals surface area contributed by atoms with Gasteiger partial charge < -0.3 is 15.3 Å². The SMILES string of the molecule is CNC(=O)c1ncc(C)c(-c2ccccc2)c1C(=O)N(CCO)Cc1ccccc1. The molecule has 1 heterocycles. The van der Waals surface area contributed by atoms with E-state index in [1.165, 1.54) is 7.05 Å². The smallest absolute Gasteiger partial charge is 0.270 e. The highest BCUT2D eigenvalue weighted by Crippen LogP contribution is 2.30. The molecule has 0 aliphatic carbocycles. The van der Waals surface area contributed by atoms with Crippen molar-refractivity contribution < 1.29 is 14.7 Å². The molecule has 2 amide bonds. The molecule has 0 bridgehead atoms. The van der Waals surface area contributed by atoms with Gasteiger partial charge in [0.25, 0.3) is 11.8 Å². The van der Waals surface area contributed by atoms with Gasteiger partial charge in [-0.3, -0.25) is 9.59 Å². The Morgan fingerprint density at radius 3 is 2.27 bits per heavy atom. The molecule has 0 saturated heterocycles. The second-order valence-electron chi connectivity index (χ2n) is 6.92. The van der Waals surface area contributed by atoms with Crippen LogP contribution in [-0.2, 0) is 6.54 Å². The van der Waals surface area contributed by atoms with Gasteiger partial charge in [0, 0.05) is 31.9 Å². The van der Waals surface area contributed by atoms with E-state index >= 15 is 0 Å². The molecule has 1 aromatic heterocycles. The Balaban J connectivity index is 2.16. The number of hydrogen-bond acceptors (Lipinski definition) is 4. The van der Waals surface area contributed by atoms with Crippen LogP contribution in [0.5, 0.6) is 0 Å². The number of hydrogen-bond donors (Lipinski definition) is 2. The monoisotopic (exact) mass is 403 g/mol. The van der Waals surface area contributed by atoms with Crippen molar-refractivity contribution in [1.82, 2.24) is 15.2 Å². The van der Waals surface area contributed by atoms with Crippen LogP contribution in [0.15, 0.2) is 66.9 Å². The van der Waals surface area contributed by atoms with E-state index in [1.807, 2.05) is 67.6 Å². The van der Waals surface area contributed by atoms with Crippen LogP contribution in [0, 0.1) is 6.92 Å². The Labute approximate surface area is 176 Å². The Bertz CT molecular complexity index is 1020. The molecule has 2 N–H and O–H groups in total. The highest BCUT2D eigenvalue weighted by molar-refractivity contribution is 6.10. The average molecular weight is 403 g/mol. The maximum absolute atomic E-state index is 13.7. The Morgan fingerprint density at radius 1 is 1.03 bits per heavy atom. The van der Waals surface area contributed by atoms with E-state index in [-0.39, 0.29) is 30.3 Å². The fourth-order valence-electron chi connectivity index (χ4n) is 3.42. The molecule has 0 atom stereocenters. The number of amides is 2. The maximum atomic E-state index is 13.7. The Hall–Kier alpha value is -3.51. The first-order chi connectivity index (χ1) is 14.6. The second-order valence-corrected chi connectivity index (χ2v) is 6.92. The van der Waals surface area contributed by atoms with E-state index in [0.29, 0.717) is 12.1 Å². The third-order valence-corrected chi connectivity index (χ3v) is 4.86.